The van der Waals surface area contributed by atoms with Gasteiger partial charge in [0.25, 0.3) is 5.69 Å². The van der Waals surface area contributed by atoms with Crippen LogP contribution in [0.4, 0.5) is 5.69 Å². The zero-order chi connectivity index (χ0) is 20.3. The van der Waals surface area contributed by atoms with Gasteiger partial charge in [-0.3, -0.25) is 10.1 Å². The monoisotopic (exact) mass is 371 g/mol. The molecule has 0 aliphatic carbocycles. The largest absolute Gasteiger partial charge is 0.318 e. The highest BCUT2D eigenvalue weighted by Gasteiger charge is 2.13. The van der Waals surface area contributed by atoms with Gasteiger partial charge in [-0.1, -0.05) is 31.2 Å². The van der Waals surface area contributed by atoms with Crippen LogP contribution in [0.5, 0.6) is 0 Å². The molecule has 1 aromatic heterocycles. The minimum absolute atomic E-state index is 0.0277. The average Bonchev–Trinajstić information content (AvgIpc) is 2.99. The molecule has 28 heavy (non-hydrogen) atoms. The van der Waals surface area contributed by atoms with Crippen molar-refractivity contribution in [1.29, 1.82) is 5.26 Å². The van der Waals surface area contributed by atoms with Gasteiger partial charge in [-0.2, -0.15) is 5.26 Å². The number of nitriles is 1. The first kappa shape index (κ1) is 19.1. The van der Waals surface area contributed by atoms with Crippen molar-refractivity contribution in [1.82, 2.24) is 4.57 Å². The van der Waals surface area contributed by atoms with Gasteiger partial charge in [0.1, 0.15) is 0 Å². The van der Waals surface area contributed by atoms with Gasteiger partial charge in [0.05, 0.1) is 16.6 Å². The van der Waals surface area contributed by atoms with E-state index in [4.69, 9.17) is 0 Å². The molecule has 2 aromatic carbocycles. The van der Waals surface area contributed by atoms with Crippen molar-refractivity contribution in [2.45, 2.75) is 27.2 Å². The summed E-state index contributed by atoms with van der Waals surface area (Å²) in [7, 11) is 0. The van der Waals surface area contributed by atoms with Gasteiger partial charge in [-0.25, -0.2) is 0 Å². The number of rotatable bonds is 5. The molecule has 0 radical (unpaired) electrons. The molecule has 5 heteroatoms. The number of non-ortho nitro benzene ring substituents is 1. The quantitative estimate of drug-likeness (QED) is 0.331. The highest BCUT2D eigenvalue weighted by atomic mass is 16.6. The fourth-order valence-corrected chi connectivity index (χ4v) is 3.33. The van der Waals surface area contributed by atoms with E-state index in [1.807, 2.05) is 19.9 Å². The fraction of sp³-hybridized carbons (Fsp3) is 0.174. The molecule has 0 aliphatic rings. The van der Waals surface area contributed by atoms with Crippen molar-refractivity contribution in [2.24, 2.45) is 0 Å². The lowest BCUT2D eigenvalue weighted by Gasteiger charge is -2.10. The Morgan fingerprint density at radius 2 is 1.89 bits per heavy atom. The third-order valence-corrected chi connectivity index (χ3v) is 4.86. The van der Waals surface area contributed by atoms with Crippen LogP contribution in [0.2, 0.25) is 0 Å². The molecule has 3 rings (SSSR count). The minimum Gasteiger partial charge on any atom is -0.318 e. The van der Waals surface area contributed by atoms with Gasteiger partial charge in [-0.05, 0) is 61.2 Å². The zero-order valence-electron chi connectivity index (χ0n) is 16.1. The standard InChI is InChI=1S/C23H21N3O2/c1-4-18-8-10-22(11-9-18)25-16(2)12-20(17(25)3)13-21(15-24)19-6-5-7-23(14-19)26(27)28/h5-14H,4H2,1-3H3/b21-13-. The molecule has 0 aliphatic heterocycles. The maximum atomic E-state index is 11.0. The van der Waals surface area contributed by atoms with E-state index in [9.17, 15) is 15.4 Å². The second kappa shape index (κ2) is 7.93. The molecule has 3 aromatic rings. The van der Waals surface area contributed by atoms with Gasteiger partial charge in [0.2, 0.25) is 0 Å². The SMILES string of the molecule is CCc1ccc(-n2c(C)cc(/C=C(/C#N)c3cccc([N+](=O)[O-])c3)c2C)cc1. The summed E-state index contributed by atoms with van der Waals surface area (Å²) in [6.45, 7) is 6.16. The van der Waals surface area contributed by atoms with Crippen LogP contribution >= 0.6 is 0 Å². The summed E-state index contributed by atoms with van der Waals surface area (Å²) in [4.78, 5) is 10.6. The average molecular weight is 371 g/mol. The molecule has 140 valence electrons. The van der Waals surface area contributed by atoms with Crippen LogP contribution in [0.1, 0.15) is 35.0 Å². The molecule has 0 bridgehead atoms. The summed E-state index contributed by atoms with van der Waals surface area (Å²) in [5.74, 6) is 0. The van der Waals surface area contributed by atoms with E-state index < -0.39 is 4.92 Å². The Balaban J connectivity index is 2.05. The minimum atomic E-state index is -0.454. The van der Waals surface area contributed by atoms with E-state index >= 15 is 0 Å². The molecule has 0 N–H and O–H groups in total. The summed E-state index contributed by atoms with van der Waals surface area (Å²) in [6.07, 6.45) is 2.78. The summed E-state index contributed by atoms with van der Waals surface area (Å²) in [6, 6.07) is 18.8. The van der Waals surface area contributed by atoms with Crippen LogP contribution in [-0.2, 0) is 6.42 Å². The van der Waals surface area contributed by atoms with Gasteiger partial charge < -0.3 is 4.57 Å². The third-order valence-electron chi connectivity index (χ3n) is 4.86. The number of hydrogen-bond acceptors (Lipinski definition) is 3. The van der Waals surface area contributed by atoms with Crippen LogP contribution in [0, 0.1) is 35.3 Å². The Bertz CT molecular complexity index is 1100. The molecule has 0 spiro atoms. The Morgan fingerprint density at radius 1 is 1.18 bits per heavy atom. The van der Waals surface area contributed by atoms with Gasteiger partial charge in [-0.15, -0.1) is 0 Å². The predicted octanol–water partition coefficient (Wildman–Crippen LogP) is 5.63. The predicted molar refractivity (Wildman–Crippen MR) is 111 cm³/mol. The maximum Gasteiger partial charge on any atom is 0.270 e. The third kappa shape index (κ3) is 3.72. The van der Waals surface area contributed by atoms with Crippen LogP contribution in [0.15, 0.2) is 54.6 Å². The van der Waals surface area contributed by atoms with Crippen LogP contribution in [0.3, 0.4) is 0 Å². The number of aromatic nitrogens is 1. The number of aryl methyl sites for hydroxylation is 2. The number of hydrogen-bond donors (Lipinski definition) is 0. The lowest BCUT2D eigenvalue weighted by atomic mass is 10.0. The van der Waals surface area contributed by atoms with E-state index in [0.29, 0.717) is 11.1 Å². The number of nitro groups is 1. The lowest BCUT2D eigenvalue weighted by Crippen LogP contribution is -1.99. The number of benzene rings is 2. The summed E-state index contributed by atoms with van der Waals surface area (Å²) in [5.41, 5.74) is 6.24. The van der Waals surface area contributed by atoms with E-state index in [1.165, 1.54) is 17.7 Å². The first-order valence-electron chi connectivity index (χ1n) is 9.09. The molecular formula is C23H21N3O2. The van der Waals surface area contributed by atoms with Crippen molar-refractivity contribution < 1.29 is 4.92 Å². The van der Waals surface area contributed by atoms with Crippen LogP contribution in [0.25, 0.3) is 17.3 Å². The fourth-order valence-electron chi connectivity index (χ4n) is 3.33. The number of nitro benzene ring substituents is 1. The van der Waals surface area contributed by atoms with Crippen molar-refractivity contribution in [3.8, 4) is 11.8 Å². The van der Waals surface area contributed by atoms with Crippen molar-refractivity contribution >= 4 is 17.3 Å². The smallest absolute Gasteiger partial charge is 0.270 e. The molecule has 5 nitrogen and oxygen atoms in total. The normalized spacial score (nSPS) is 11.3. The summed E-state index contributed by atoms with van der Waals surface area (Å²) < 4.78 is 2.15. The van der Waals surface area contributed by atoms with E-state index in [0.717, 1.165) is 29.1 Å². The molecule has 0 amide bonds. The molecule has 0 saturated heterocycles. The lowest BCUT2D eigenvalue weighted by molar-refractivity contribution is -0.384. The topological polar surface area (TPSA) is 71.9 Å². The number of allylic oxidation sites excluding steroid dienone is 1. The molecule has 0 fully saturated rings. The second-order valence-corrected chi connectivity index (χ2v) is 6.66. The first-order chi connectivity index (χ1) is 13.4. The van der Waals surface area contributed by atoms with Gasteiger partial charge >= 0.3 is 0 Å². The van der Waals surface area contributed by atoms with Crippen molar-refractivity contribution in [3.05, 3.63) is 92.8 Å². The Labute approximate surface area is 164 Å². The van der Waals surface area contributed by atoms with Crippen molar-refractivity contribution in [3.63, 3.8) is 0 Å². The van der Waals surface area contributed by atoms with E-state index in [-0.39, 0.29) is 5.69 Å². The zero-order valence-corrected chi connectivity index (χ0v) is 16.1. The molecule has 0 unspecified atom stereocenters. The van der Waals surface area contributed by atoms with Crippen LogP contribution < -0.4 is 0 Å². The maximum absolute atomic E-state index is 11.0. The van der Waals surface area contributed by atoms with E-state index in [2.05, 4.69) is 41.8 Å². The Kier molecular flexibility index (Phi) is 5.42. The number of nitrogens with zero attached hydrogens (tertiary/aromatic N) is 3. The van der Waals surface area contributed by atoms with Crippen LogP contribution in [-0.4, -0.2) is 9.49 Å². The molecule has 0 atom stereocenters. The highest BCUT2D eigenvalue weighted by Crippen LogP contribution is 2.27. The Morgan fingerprint density at radius 3 is 2.50 bits per heavy atom. The van der Waals surface area contributed by atoms with Gasteiger partial charge in [0, 0.05) is 29.2 Å². The first-order valence-corrected chi connectivity index (χ1v) is 9.09. The molecular weight excluding hydrogens is 350 g/mol. The van der Waals surface area contributed by atoms with Crippen molar-refractivity contribution in [2.75, 3.05) is 0 Å². The molecule has 0 saturated carbocycles. The highest BCUT2D eigenvalue weighted by molar-refractivity contribution is 5.90. The summed E-state index contributed by atoms with van der Waals surface area (Å²) in [5, 5.41) is 20.6. The second-order valence-electron chi connectivity index (χ2n) is 6.66. The Hall–Kier alpha value is -3.65. The molecule has 1 heterocycles. The summed E-state index contributed by atoms with van der Waals surface area (Å²) >= 11 is 0. The van der Waals surface area contributed by atoms with E-state index in [1.54, 1.807) is 18.2 Å². The van der Waals surface area contributed by atoms with Gasteiger partial charge in [0.15, 0.2) is 0 Å².